The Kier molecular flexibility index (Phi) is 7.40. The van der Waals surface area contributed by atoms with E-state index in [2.05, 4.69) is 22.4 Å². The quantitative estimate of drug-likeness (QED) is 0.760. The first-order chi connectivity index (χ1) is 13.1. The first-order valence-electron chi connectivity index (χ1n) is 9.04. The maximum absolute atomic E-state index is 12.5. The van der Waals surface area contributed by atoms with Crippen molar-refractivity contribution in [1.82, 2.24) is 14.9 Å². The summed E-state index contributed by atoms with van der Waals surface area (Å²) in [5.74, 6) is 0.900. The first-order valence-corrected chi connectivity index (χ1v) is 9.04. The van der Waals surface area contributed by atoms with Crippen molar-refractivity contribution in [2.75, 3.05) is 13.7 Å². The number of rotatable bonds is 6. The Balaban J connectivity index is 0.000000817. The summed E-state index contributed by atoms with van der Waals surface area (Å²) in [7, 11) is 1.68. The van der Waals surface area contributed by atoms with Gasteiger partial charge in [-0.15, -0.1) is 0 Å². The van der Waals surface area contributed by atoms with Gasteiger partial charge < -0.3 is 19.7 Å². The maximum Gasteiger partial charge on any atom is 0.290 e. The molecular formula is C20H27N3O4. The van der Waals surface area contributed by atoms with Crippen molar-refractivity contribution in [3.63, 3.8) is 0 Å². The van der Waals surface area contributed by atoms with Crippen molar-refractivity contribution in [2.24, 2.45) is 0 Å². The highest BCUT2D eigenvalue weighted by molar-refractivity contribution is 5.80. The summed E-state index contributed by atoms with van der Waals surface area (Å²) >= 11 is 0. The van der Waals surface area contributed by atoms with Gasteiger partial charge in [-0.1, -0.05) is 25.0 Å². The molecule has 27 heavy (non-hydrogen) atoms. The molecule has 1 aliphatic rings. The molecule has 0 bridgehead atoms. The molecule has 0 radical (unpaired) electrons. The summed E-state index contributed by atoms with van der Waals surface area (Å²) < 4.78 is 7.08. The van der Waals surface area contributed by atoms with Gasteiger partial charge in [0.05, 0.1) is 13.4 Å². The van der Waals surface area contributed by atoms with Crippen LogP contribution in [0.15, 0.2) is 43.0 Å². The highest BCUT2D eigenvalue weighted by Gasteiger charge is 2.36. The highest BCUT2D eigenvalue weighted by Crippen LogP contribution is 2.41. The number of aromatic nitrogens is 2. The Morgan fingerprint density at radius 3 is 2.52 bits per heavy atom. The average molecular weight is 373 g/mol. The summed E-state index contributed by atoms with van der Waals surface area (Å²) in [6, 6.07) is 8.03. The van der Waals surface area contributed by atoms with Crippen LogP contribution in [0.5, 0.6) is 5.75 Å². The topological polar surface area (TPSA) is 93.5 Å². The van der Waals surface area contributed by atoms with Crippen LogP contribution in [0.3, 0.4) is 0 Å². The number of carbonyl (C=O) groups excluding carboxylic acids is 1. The van der Waals surface area contributed by atoms with Gasteiger partial charge in [0.2, 0.25) is 5.91 Å². The Bertz CT molecular complexity index is 707. The van der Waals surface area contributed by atoms with Gasteiger partial charge in [0.15, 0.2) is 0 Å². The van der Waals surface area contributed by atoms with Gasteiger partial charge in [0, 0.05) is 24.4 Å². The molecule has 1 heterocycles. The fraction of sp³-hybridized carbons (Fsp3) is 0.450. The van der Waals surface area contributed by atoms with Crippen LogP contribution in [0.2, 0.25) is 0 Å². The molecule has 1 saturated carbocycles. The van der Waals surface area contributed by atoms with Crippen LogP contribution in [0.4, 0.5) is 0 Å². The monoisotopic (exact) mass is 373 g/mol. The smallest absolute Gasteiger partial charge is 0.290 e. The van der Waals surface area contributed by atoms with Crippen molar-refractivity contribution in [2.45, 2.75) is 44.1 Å². The van der Waals surface area contributed by atoms with E-state index in [0.29, 0.717) is 6.54 Å². The van der Waals surface area contributed by atoms with E-state index >= 15 is 0 Å². The van der Waals surface area contributed by atoms with Crippen LogP contribution in [0.1, 0.15) is 44.2 Å². The molecule has 2 N–H and O–H groups in total. The van der Waals surface area contributed by atoms with Gasteiger partial charge in [-0.3, -0.25) is 9.59 Å². The highest BCUT2D eigenvalue weighted by atomic mass is 16.5. The Labute approximate surface area is 159 Å². The van der Waals surface area contributed by atoms with Crippen molar-refractivity contribution < 1.29 is 19.4 Å². The molecule has 3 rings (SSSR count). The van der Waals surface area contributed by atoms with Crippen LogP contribution in [0.25, 0.3) is 0 Å². The molecule has 7 heteroatoms. The van der Waals surface area contributed by atoms with Crippen molar-refractivity contribution >= 4 is 12.4 Å². The third kappa shape index (κ3) is 5.09. The number of nitrogens with one attached hydrogen (secondary N) is 1. The predicted molar refractivity (Wildman–Crippen MR) is 102 cm³/mol. The van der Waals surface area contributed by atoms with Crippen LogP contribution >= 0.6 is 0 Å². The minimum atomic E-state index is -0.250. The third-order valence-electron chi connectivity index (χ3n) is 5.22. The number of imidazole rings is 1. The van der Waals surface area contributed by atoms with Gasteiger partial charge in [-0.25, -0.2) is 4.98 Å². The number of hydrogen-bond acceptors (Lipinski definition) is 4. The molecule has 7 nitrogen and oxygen atoms in total. The zero-order valence-corrected chi connectivity index (χ0v) is 15.8. The van der Waals surface area contributed by atoms with Crippen LogP contribution in [-0.4, -0.2) is 40.7 Å². The lowest BCUT2D eigenvalue weighted by atomic mass is 9.78. The van der Waals surface area contributed by atoms with Crippen molar-refractivity contribution in [3.05, 3.63) is 48.5 Å². The molecule has 0 saturated heterocycles. The summed E-state index contributed by atoms with van der Waals surface area (Å²) in [5, 5.41) is 10.1. The molecule has 1 unspecified atom stereocenters. The van der Waals surface area contributed by atoms with Crippen LogP contribution in [-0.2, 0) is 15.0 Å². The normalized spacial score (nSPS) is 15.9. The minimum Gasteiger partial charge on any atom is -0.497 e. The molecule has 1 aromatic heterocycles. The number of ether oxygens (including phenoxy) is 1. The number of benzene rings is 1. The van der Waals surface area contributed by atoms with Gasteiger partial charge in [-0.05, 0) is 37.5 Å². The van der Waals surface area contributed by atoms with E-state index in [-0.39, 0.29) is 23.8 Å². The van der Waals surface area contributed by atoms with Gasteiger partial charge in [0.1, 0.15) is 11.8 Å². The Morgan fingerprint density at radius 2 is 2.00 bits per heavy atom. The second kappa shape index (κ2) is 9.75. The summed E-state index contributed by atoms with van der Waals surface area (Å²) in [4.78, 5) is 24.9. The first kappa shape index (κ1) is 20.5. The van der Waals surface area contributed by atoms with E-state index in [1.165, 1.54) is 18.4 Å². The second-order valence-electron chi connectivity index (χ2n) is 6.73. The Morgan fingerprint density at radius 1 is 1.37 bits per heavy atom. The fourth-order valence-corrected chi connectivity index (χ4v) is 3.60. The lowest BCUT2D eigenvalue weighted by Crippen LogP contribution is -2.41. The molecule has 2 aromatic rings. The molecule has 146 valence electrons. The van der Waals surface area contributed by atoms with E-state index in [9.17, 15) is 4.79 Å². The number of nitrogens with zero attached hydrogens (tertiary/aromatic N) is 2. The largest absolute Gasteiger partial charge is 0.497 e. The molecule has 1 aliphatic carbocycles. The zero-order valence-electron chi connectivity index (χ0n) is 15.8. The minimum absolute atomic E-state index is 0.0350. The van der Waals surface area contributed by atoms with Gasteiger partial charge in [-0.2, -0.15) is 0 Å². The number of carbonyl (C=O) groups is 2. The van der Waals surface area contributed by atoms with Crippen molar-refractivity contribution in [1.29, 1.82) is 0 Å². The van der Waals surface area contributed by atoms with E-state index in [1.807, 2.05) is 29.8 Å². The van der Waals surface area contributed by atoms with E-state index in [1.54, 1.807) is 19.6 Å². The SMILES string of the molecule is COc1ccc(C2(CNC(=O)C(C)n3ccnc3)CCCC2)cc1.O=CO. The van der Waals surface area contributed by atoms with E-state index in [0.717, 1.165) is 18.6 Å². The summed E-state index contributed by atoms with van der Waals surface area (Å²) in [5.41, 5.74) is 1.33. The van der Waals surface area contributed by atoms with Crippen LogP contribution in [0, 0.1) is 0 Å². The molecule has 1 aromatic carbocycles. The molecule has 1 atom stereocenters. The number of carboxylic acid groups (broad SMARTS) is 1. The second-order valence-corrected chi connectivity index (χ2v) is 6.73. The molecule has 1 amide bonds. The van der Waals surface area contributed by atoms with Crippen LogP contribution < -0.4 is 10.1 Å². The van der Waals surface area contributed by atoms with Crippen molar-refractivity contribution in [3.8, 4) is 5.75 Å². The third-order valence-corrected chi connectivity index (χ3v) is 5.22. The van der Waals surface area contributed by atoms with Gasteiger partial charge >= 0.3 is 0 Å². The number of hydrogen-bond donors (Lipinski definition) is 2. The van der Waals surface area contributed by atoms with E-state index < -0.39 is 0 Å². The van der Waals surface area contributed by atoms with E-state index in [4.69, 9.17) is 14.6 Å². The Hall–Kier alpha value is -2.83. The molecular weight excluding hydrogens is 346 g/mol. The zero-order chi connectivity index (χ0) is 19.7. The standard InChI is InChI=1S/C19H25N3O2.CH2O2/c1-15(22-12-11-20-14-22)18(23)21-13-19(9-3-4-10-19)16-5-7-17(24-2)8-6-16;2-1-3/h5-8,11-12,14-15H,3-4,9-10,13H2,1-2H3,(H,21,23);1H,(H,2,3). The summed E-state index contributed by atoms with van der Waals surface area (Å²) in [6.07, 6.45) is 9.83. The predicted octanol–water partition coefficient (Wildman–Crippen LogP) is 2.78. The lowest BCUT2D eigenvalue weighted by molar-refractivity contribution is -0.124. The lowest BCUT2D eigenvalue weighted by Gasteiger charge is -2.30. The van der Waals surface area contributed by atoms with Gasteiger partial charge in [0.25, 0.3) is 6.47 Å². The molecule has 1 fully saturated rings. The average Bonchev–Trinajstić information content (AvgIpc) is 3.39. The number of amides is 1. The fourth-order valence-electron chi connectivity index (χ4n) is 3.60. The molecule has 0 aliphatic heterocycles. The number of methoxy groups -OCH3 is 1. The molecule has 0 spiro atoms. The maximum atomic E-state index is 12.5. The summed E-state index contributed by atoms with van der Waals surface area (Å²) in [6.45, 7) is 2.32.